The SMILES string of the molecule is CN1CCN(C(=S)SCC(O)CO)CC1. The van der Waals surface area contributed by atoms with Crippen molar-refractivity contribution in [2.75, 3.05) is 45.6 Å². The van der Waals surface area contributed by atoms with Gasteiger partial charge in [0.25, 0.3) is 0 Å². The van der Waals surface area contributed by atoms with Crippen molar-refractivity contribution in [3.8, 4) is 0 Å². The molecule has 1 rings (SSSR count). The molecule has 1 unspecified atom stereocenters. The number of hydrogen-bond acceptors (Lipinski definition) is 5. The Bertz CT molecular complexity index is 208. The lowest BCUT2D eigenvalue weighted by Gasteiger charge is -2.33. The highest BCUT2D eigenvalue weighted by Gasteiger charge is 2.17. The minimum Gasteiger partial charge on any atom is -0.394 e. The molecule has 6 heteroatoms. The average Bonchev–Trinajstić information content (AvgIpc) is 2.26. The maximum Gasteiger partial charge on any atom is 0.136 e. The van der Waals surface area contributed by atoms with Crippen molar-refractivity contribution < 1.29 is 10.2 Å². The fraction of sp³-hybridized carbons (Fsp3) is 0.889. The van der Waals surface area contributed by atoms with E-state index in [1.54, 1.807) is 0 Å². The number of hydrogen-bond donors (Lipinski definition) is 2. The summed E-state index contributed by atoms with van der Waals surface area (Å²) in [6.07, 6.45) is -0.666. The number of likely N-dealkylation sites (N-methyl/N-ethyl adjacent to an activating group) is 1. The second-order valence-electron chi connectivity index (χ2n) is 3.70. The molecule has 1 heterocycles. The van der Waals surface area contributed by atoms with Crippen LogP contribution in [-0.2, 0) is 0 Å². The fourth-order valence-corrected chi connectivity index (χ4v) is 2.49. The Morgan fingerprint density at radius 1 is 1.40 bits per heavy atom. The van der Waals surface area contributed by atoms with Crippen molar-refractivity contribution in [3.63, 3.8) is 0 Å². The van der Waals surface area contributed by atoms with Crippen LogP contribution in [0.4, 0.5) is 0 Å². The van der Waals surface area contributed by atoms with Crippen LogP contribution in [0.2, 0.25) is 0 Å². The van der Waals surface area contributed by atoms with E-state index in [2.05, 4.69) is 16.8 Å². The van der Waals surface area contributed by atoms with Crippen LogP contribution >= 0.6 is 24.0 Å². The first-order chi connectivity index (χ1) is 7.13. The topological polar surface area (TPSA) is 46.9 Å². The number of aliphatic hydroxyl groups excluding tert-OH is 2. The molecule has 0 aromatic carbocycles. The van der Waals surface area contributed by atoms with Crippen LogP contribution < -0.4 is 0 Å². The van der Waals surface area contributed by atoms with Gasteiger partial charge >= 0.3 is 0 Å². The van der Waals surface area contributed by atoms with Crippen LogP contribution in [-0.4, -0.2) is 76.0 Å². The summed E-state index contributed by atoms with van der Waals surface area (Å²) in [5.74, 6) is 0.474. The first kappa shape index (κ1) is 13.2. The van der Waals surface area contributed by atoms with Crippen molar-refractivity contribution in [2.45, 2.75) is 6.10 Å². The molecule has 1 atom stereocenters. The summed E-state index contributed by atoms with van der Waals surface area (Å²) in [6, 6.07) is 0. The van der Waals surface area contributed by atoms with Gasteiger partial charge in [-0.15, -0.1) is 0 Å². The Morgan fingerprint density at radius 2 is 2.00 bits per heavy atom. The van der Waals surface area contributed by atoms with Crippen molar-refractivity contribution in [1.29, 1.82) is 0 Å². The highest BCUT2D eigenvalue weighted by Crippen LogP contribution is 2.12. The summed E-state index contributed by atoms with van der Waals surface area (Å²) in [5.41, 5.74) is 0. The smallest absolute Gasteiger partial charge is 0.136 e. The molecule has 0 amide bonds. The third kappa shape index (κ3) is 4.65. The largest absolute Gasteiger partial charge is 0.394 e. The maximum absolute atomic E-state index is 9.19. The summed E-state index contributed by atoms with van der Waals surface area (Å²) in [7, 11) is 2.10. The van der Waals surface area contributed by atoms with Crippen LogP contribution in [0, 0.1) is 0 Å². The molecule has 1 aliphatic heterocycles. The minimum atomic E-state index is -0.666. The minimum absolute atomic E-state index is 0.196. The second-order valence-corrected chi connectivity index (χ2v) is 5.36. The molecule has 0 saturated carbocycles. The molecule has 0 radical (unpaired) electrons. The highest BCUT2D eigenvalue weighted by molar-refractivity contribution is 8.22. The number of nitrogens with zero attached hydrogens (tertiary/aromatic N) is 2. The van der Waals surface area contributed by atoms with Gasteiger partial charge in [0.2, 0.25) is 0 Å². The molecular weight excluding hydrogens is 232 g/mol. The van der Waals surface area contributed by atoms with E-state index in [1.807, 2.05) is 0 Å². The summed E-state index contributed by atoms with van der Waals surface area (Å²) in [6.45, 7) is 3.78. The van der Waals surface area contributed by atoms with Gasteiger partial charge < -0.3 is 20.0 Å². The molecule has 0 aromatic heterocycles. The molecule has 1 saturated heterocycles. The van der Waals surface area contributed by atoms with E-state index in [9.17, 15) is 5.11 Å². The van der Waals surface area contributed by atoms with Gasteiger partial charge in [0.15, 0.2) is 0 Å². The van der Waals surface area contributed by atoms with Crippen molar-refractivity contribution in [3.05, 3.63) is 0 Å². The van der Waals surface area contributed by atoms with E-state index in [0.29, 0.717) is 5.75 Å². The Kier molecular flexibility index (Phi) is 5.84. The zero-order valence-corrected chi connectivity index (χ0v) is 10.6. The zero-order valence-electron chi connectivity index (χ0n) is 8.93. The summed E-state index contributed by atoms with van der Waals surface area (Å²) in [5, 5.41) is 17.9. The lowest BCUT2D eigenvalue weighted by atomic mass is 10.4. The summed E-state index contributed by atoms with van der Waals surface area (Å²) < 4.78 is 0.829. The second kappa shape index (κ2) is 6.65. The standard InChI is InChI=1S/C9H18N2O2S2/c1-10-2-4-11(5-3-10)9(14)15-7-8(13)6-12/h8,12-13H,2-7H2,1H3. The van der Waals surface area contributed by atoms with Gasteiger partial charge in [0.05, 0.1) is 12.7 Å². The molecule has 1 fully saturated rings. The van der Waals surface area contributed by atoms with Crippen molar-refractivity contribution in [1.82, 2.24) is 9.80 Å². The van der Waals surface area contributed by atoms with Gasteiger partial charge in [-0.25, -0.2) is 0 Å². The number of thiocarbonyl (C=S) groups is 1. The average molecular weight is 250 g/mol. The number of rotatable bonds is 3. The number of piperazine rings is 1. The Hall–Kier alpha value is 0.120. The van der Waals surface area contributed by atoms with Crippen LogP contribution in [0.15, 0.2) is 0 Å². The first-order valence-corrected chi connectivity index (χ1v) is 6.42. The highest BCUT2D eigenvalue weighted by atomic mass is 32.2. The van der Waals surface area contributed by atoms with Gasteiger partial charge in [-0.05, 0) is 7.05 Å². The van der Waals surface area contributed by atoms with E-state index < -0.39 is 6.10 Å². The lowest BCUT2D eigenvalue weighted by molar-refractivity contribution is 0.113. The maximum atomic E-state index is 9.19. The van der Waals surface area contributed by atoms with Crippen molar-refractivity contribution >= 4 is 28.3 Å². The Morgan fingerprint density at radius 3 is 2.53 bits per heavy atom. The Balaban J connectivity index is 2.22. The molecule has 4 nitrogen and oxygen atoms in total. The zero-order chi connectivity index (χ0) is 11.3. The van der Waals surface area contributed by atoms with E-state index in [-0.39, 0.29) is 6.61 Å². The molecule has 2 N–H and O–H groups in total. The molecule has 15 heavy (non-hydrogen) atoms. The molecule has 1 aliphatic rings. The van der Waals surface area contributed by atoms with Crippen LogP contribution in [0.5, 0.6) is 0 Å². The number of aliphatic hydroxyl groups is 2. The van der Waals surface area contributed by atoms with Crippen LogP contribution in [0.3, 0.4) is 0 Å². The molecule has 0 aromatic rings. The van der Waals surface area contributed by atoms with E-state index in [1.165, 1.54) is 11.8 Å². The molecule has 0 aliphatic carbocycles. The molecular formula is C9H18N2O2S2. The summed E-state index contributed by atoms with van der Waals surface area (Å²) in [4.78, 5) is 4.43. The van der Waals surface area contributed by atoms with E-state index in [4.69, 9.17) is 17.3 Å². The molecule has 0 bridgehead atoms. The quantitative estimate of drug-likeness (QED) is 0.665. The van der Waals surface area contributed by atoms with Gasteiger partial charge in [-0.3, -0.25) is 0 Å². The predicted molar refractivity (Wildman–Crippen MR) is 67.2 cm³/mol. The van der Waals surface area contributed by atoms with E-state index in [0.717, 1.165) is 30.5 Å². The summed E-state index contributed by atoms with van der Waals surface area (Å²) >= 11 is 6.70. The fourth-order valence-electron chi connectivity index (χ4n) is 1.30. The first-order valence-electron chi connectivity index (χ1n) is 5.02. The predicted octanol–water partition coefficient (Wildman–Crippen LogP) is -0.395. The Labute approximate surface area is 100 Å². The normalized spacial score (nSPS) is 20.3. The number of thioether (sulfide) groups is 1. The van der Waals surface area contributed by atoms with E-state index >= 15 is 0 Å². The van der Waals surface area contributed by atoms with Gasteiger partial charge in [0.1, 0.15) is 4.32 Å². The molecule has 88 valence electrons. The van der Waals surface area contributed by atoms with Gasteiger partial charge in [-0.1, -0.05) is 24.0 Å². The van der Waals surface area contributed by atoms with Crippen LogP contribution in [0.25, 0.3) is 0 Å². The van der Waals surface area contributed by atoms with Crippen molar-refractivity contribution in [2.24, 2.45) is 0 Å². The lowest BCUT2D eigenvalue weighted by Crippen LogP contribution is -2.46. The molecule has 0 spiro atoms. The third-order valence-electron chi connectivity index (χ3n) is 2.37. The van der Waals surface area contributed by atoms with Crippen LogP contribution in [0.1, 0.15) is 0 Å². The van der Waals surface area contributed by atoms with Gasteiger partial charge in [0, 0.05) is 31.9 Å². The van der Waals surface area contributed by atoms with Gasteiger partial charge in [-0.2, -0.15) is 0 Å². The third-order valence-corrected chi connectivity index (χ3v) is 4.04. The monoisotopic (exact) mass is 250 g/mol.